The summed E-state index contributed by atoms with van der Waals surface area (Å²) in [5, 5.41) is 12.0. The highest BCUT2D eigenvalue weighted by atomic mass is 35.5. The van der Waals surface area contributed by atoms with Crippen molar-refractivity contribution in [3.63, 3.8) is 0 Å². The number of nitrogens with one attached hydrogen (secondary N) is 1. The van der Waals surface area contributed by atoms with E-state index >= 15 is 0 Å². The molecule has 31 heavy (non-hydrogen) atoms. The SMILES string of the molecule is O=C(Cc1nnc(-c2ccccc2Cl)n1C(=O)c1ccc(Cl)cc1)Nc1ccccc1. The fraction of sp³-hybridized carbons (Fsp3) is 0.0435. The molecule has 0 aliphatic carbocycles. The second-order valence-electron chi connectivity index (χ2n) is 6.66. The Morgan fingerprint density at radius 2 is 1.52 bits per heavy atom. The molecule has 1 heterocycles. The van der Waals surface area contributed by atoms with Crippen molar-refractivity contribution in [1.29, 1.82) is 0 Å². The standard InChI is InChI=1S/C23H16Cl2N4O2/c24-16-12-10-15(11-13-16)23(31)29-20(14-21(30)26-17-6-2-1-3-7-17)27-28-22(29)18-8-4-5-9-19(18)25/h1-13H,14H2,(H,26,30). The second kappa shape index (κ2) is 9.12. The summed E-state index contributed by atoms with van der Waals surface area (Å²) in [6, 6.07) is 22.5. The van der Waals surface area contributed by atoms with Crippen molar-refractivity contribution >= 4 is 40.7 Å². The van der Waals surface area contributed by atoms with Gasteiger partial charge in [0.1, 0.15) is 5.82 Å². The van der Waals surface area contributed by atoms with Crippen LogP contribution >= 0.6 is 23.2 Å². The number of para-hydroxylation sites is 1. The van der Waals surface area contributed by atoms with Gasteiger partial charge in [0, 0.05) is 21.8 Å². The molecule has 0 saturated heterocycles. The maximum atomic E-state index is 13.3. The first-order valence-corrected chi connectivity index (χ1v) is 10.1. The minimum absolute atomic E-state index is 0.147. The Morgan fingerprint density at radius 3 is 2.23 bits per heavy atom. The van der Waals surface area contributed by atoms with Crippen LogP contribution < -0.4 is 5.32 Å². The third-order valence-corrected chi connectivity index (χ3v) is 5.10. The fourth-order valence-corrected chi connectivity index (χ4v) is 3.40. The molecule has 0 fully saturated rings. The summed E-state index contributed by atoms with van der Waals surface area (Å²) < 4.78 is 1.31. The Labute approximate surface area is 188 Å². The number of anilines is 1. The molecule has 3 aromatic carbocycles. The van der Waals surface area contributed by atoms with Gasteiger partial charge in [-0.05, 0) is 48.5 Å². The molecule has 0 radical (unpaired) electrons. The Hall–Kier alpha value is -3.48. The molecule has 0 bridgehead atoms. The van der Waals surface area contributed by atoms with Crippen molar-refractivity contribution in [3.8, 4) is 11.4 Å². The largest absolute Gasteiger partial charge is 0.326 e. The van der Waals surface area contributed by atoms with Gasteiger partial charge in [-0.3, -0.25) is 9.59 Å². The number of aromatic nitrogens is 3. The van der Waals surface area contributed by atoms with Gasteiger partial charge >= 0.3 is 0 Å². The molecule has 0 saturated carbocycles. The van der Waals surface area contributed by atoms with E-state index in [0.29, 0.717) is 26.9 Å². The van der Waals surface area contributed by atoms with E-state index in [9.17, 15) is 9.59 Å². The summed E-state index contributed by atoms with van der Waals surface area (Å²) in [5.41, 5.74) is 1.56. The number of hydrogen-bond acceptors (Lipinski definition) is 4. The van der Waals surface area contributed by atoms with E-state index in [1.165, 1.54) is 4.57 Å². The number of carbonyl (C=O) groups excluding carboxylic acids is 2. The fourth-order valence-electron chi connectivity index (χ4n) is 3.05. The molecule has 8 heteroatoms. The lowest BCUT2D eigenvalue weighted by molar-refractivity contribution is -0.115. The van der Waals surface area contributed by atoms with Crippen molar-refractivity contribution in [2.24, 2.45) is 0 Å². The van der Waals surface area contributed by atoms with E-state index in [0.717, 1.165) is 0 Å². The van der Waals surface area contributed by atoms with E-state index in [4.69, 9.17) is 23.2 Å². The van der Waals surface area contributed by atoms with E-state index in [-0.39, 0.29) is 29.9 Å². The van der Waals surface area contributed by atoms with Crippen LogP contribution in [0.4, 0.5) is 5.69 Å². The first-order chi connectivity index (χ1) is 15.0. The summed E-state index contributed by atoms with van der Waals surface area (Å²) in [6.07, 6.45) is -0.147. The van der Waals surface area contributed by atoms with Gasteiger partial charge < -0.3 is 5.32 Å². The smallest absolute Gasteiger partial charge is 0.265 e. The maximum Gasteiger partial charge on any atom is 0.265 e. The Kier molecular flexibility index (Phi) is 6.11. The highest BCUT2D eigenvalue weighted by Crippen LogP contribution is 2.27. The molecule has 1 N–H and O–H groups in total. The predicted molar refractivity (Wildman–Crippen MR) is 120 cm³/mol. The van der Waals surface area contributed by atoms with Crippen LogP contribution in [-0.2, 0) is 11.2 Å². The first-order valence-electron chi connectivity index (χ1n) is 9.37. The zero-order valence-electron chi connectivity index (χ0n) is 16.1. The monoisotopic (exact) mass is 450 g/mol. The minimum Gasteiger partial charge on any atom is -0.326 e. The molecule has 0 unspecified atom stereocenters. The van der Waals surface area contributed by atoms with Gasteiger partial charge in [-0.25, -0.2) is 4.57 Å². The topological polar surface area (TPSA) is 76.9 Å². The Balaban J connectivity index is 1.73. The van der Waals surface area contributed by atoms with Gasteiger partial charge in [0.05, 0.1) is 11.4 Å². The zero-order chi connectivity index (χ0) is 21.8. The number of benzene rings is 3. The molecular weight excluding hydrogens is 435 g/mol. The van der Waals surface area contributed by atoms with Gasteiger partial charge in [-0.1, -0.05) is 53.5 Å². The van der Waals surface area contributed by atoms with E-state index in [2.05, 4.69) is 15.5 Å². The summed E-state index contributed by atoms with van der Waals surface area (Å²) >= 11 is 12.3. The van der Waals surface area contributed by atoms with Crippen LogP contribution in [0.2, 0.25) is 10.0 Å². The summed E-state index contributed by atoms with van der Waals surface area (Å²) in [6.45, 7) is 0. The van der Waals surface area contributed by atoms with E-state index in [1.54, 1.807) is 60.7 Å². The predicted octanol–water partition coefficient (Wildman–Crippen LogP) is 5.12. The van der Waals surface area contributed by atoms with Crippen LogP contribution in [0.5, 0.6) is 0 Å². The third-order valence-electron chi connectivity index (χ3n) is 4.52. The van der Waals surface area contributed by atoms with E-state index < -0.39 is 0 Å². The molecule has 154 valence electrons. The summed E-state index contributed by atoms with van der Waals surface area (Å²) in [7, 11) is 0. The molecular formula is C23H16Cl2N4O2. The van der Waals surface area contributed by atoms with Crippen molar-refractivity contribution in [3.05, 3.63) is 100 Å². The average Bonchev–Trinajstić information content (AvgIpc) is 3.17. The van der Waals surface area contributed by atoms with Gasteiger partial charge in [0.2, 0.25) is 5.91 Å². The van der Waals surface area contributed by atoms with Crippen LogP contribution in [0.25, 0.3) is 11.4 Å². The third kappa shape index (κ3) is 4.66. The maximum absolute atomic E-state index is 13.3. The summed E-state index contributed by atoms with van der Waals surface area (Å²) in [5.74, 6) is -0.259. The van der Waals surface area contributed by atoms with Gasteiger partial charge in [0.25, 0.3) is 5.91 Å². The number of carbonyl (C=O) groups is 2. The number of amides is 1. The molecule has 4 aromatic rings. The average molecular weight is 451 g/mol. The van der Waals surface area contributed by atoms with Crippen LogP contribution in [0, 0.1) is 0 Å². The number of nitrogens with zero attached hydrogens (tertiary/aromatic N) is 3. The Morgan fingerprint density at radius 1 is 0.839 bits per heavy atom. The van der Waals surface area contributed by atoms with Crippen molar-refractivity contribution in [1.82, 2.24) is 14.8 Å². The quantitative estimate of drug-likeness (QED) is 0.457. The second-order valence-corrected chi connectivity index (χ2v) is 7.50. The highest BCUT2D eigenvalue weighted by Gasteiger charge is 2.24. The lowest BCUT2D eigenvalue weighted by Gasteiger charge is -2.11. The number of rotatable bonds is 5. The minimum atomic E-state index is -0.390. The lowest BCUT2D eigenvalue weighted by Crippen LogP contribution is -2.22. The van der Waals surface area contributed by atoms with Gasteiger partial charge in [-0.2, -0.15) is 0 Å². The van der Waals surface area contributed by atoms with Crippen LogP contribution in [0.3, 0.4) is 0 Å². The van der Waals surface area contributed by atoms with Crippen LogP contribution in [0.15, 0.2) is 78.9 Å². The highest BCUT2D eigenvalue weighted by molar-refractivity contribution is 6.33. The van der Waals surface area contributed by atoms with Crippen LogP contribution in [-0.4, -0.2) is 26.6 Å². The van der Waals surface area contributed by atoms with Crippen LogP contribution in [0.1, 0.15) is 16.2 Å². The molecule has 0 aliphatic heterocycles. The molecule has 4 rings (SSSR count). The molecule has 1 aromatic heterocycles. The van der Waals surface area contributed by atoms with Crippen molar-refractivity contribution in [2.45, 2.75) is 6.42 Å². The zero-order valence-corrected chi connectivity index (χ0v) is 17.6. The number of halogens is 2. The molecule has 1 amide bonds. The molecule has 0 atom stereocenters. The number of hydrogen-bond donors (Lipinski definition) is 1. The van der Waals surface area contributed by atoms with Crippen molar-refractivity contribution in [2.75, 3.05) is 5.32 Å². The first kappa shape index (κ1) is 20.8. The molecule has 0 spiro atoms. The summed E-state index contributed by atoms with van der Waals surface area (Å²) in [4.78, 5) is 26.0. The Bertz CT molecular complexity index is 1240. The molecule has 0 aliphatic rings. The van der Waals surface area contributed by atoms with Crippen molar-refractivity contribution < 1.29 is 9.59 Å². The van der Waals surface area contributed by atoms with E-state index in [1.807, 2.05) is 18.2 Å². The normalized spacial score (nSPS) is 10.6. The van der Waals surface area contributed by atoms with Gasteiger partial charge in [0.15, 0.2) is 5.82 Å². The molecule has 6 nitrogen and oxygen atoms in total. The van der Waals surface area contributed by atoms with Gasteiger partial charge in [-0.15, -0.1) is 10.2 Å². The lowest BCUT2D eigenvalue weighted by atomic mass is 10.1.